The first-order chi connectivity index (χ1) is 23.4. The van der Waals surface area contributed by atoms with Crippen LogP contribution < -0.4 is 5.32 Å². The molecule has 1 amide bonds. The summed E-state index contributed by atoms with van der Waals surface area (Å²) in [5, 5.41) is 8.50. The van der Waals surface area contributed by atoms with Crippen LogP contribution >= 0.6 is 0 Å². The lowest BCUT2D eigenvalue weighted by atomic mass is 9.89. The molecule has 0 spiro atoms. The maximum Gasteiger partial charge on any atom is 0.226 e. The third kappa shape index (κ3) is 7.96. The number of carbonyl (C=O) groups is 2. The van der Waals surface area contributed by atoms with Crippen molar-refractivity contribution in [2.24, 2.45) is 11.8 Å². The van der Waals surface area contributed by atoms with Crippen molar-refractivity contribution >= 4 is 11.7 Å². The number of piperidine rings is 1. The van der Waals surface area contributed by atoms with Crippen molar-refractivity contribution in [3.8, 4) is 16.9 Å². The van der Waals surface area contributed by atoms with Gasteiger partial charge in [-0.1, -0.05) is 79.7 Å². The Hall–Kier alpha value is -4.07. The number of Topliss-reactive ketones (excluding diaryl/α,β-unsaturated/α-hetero) is 1. The van der Waals surface area contributed by atoms with Gasteiger partial charge in [0.15, 0.2) is 5.78 Å². The van der Waals surface area contributed by atoms with Crippen molar-refractivity contribution in [2.45, 2.75) is 70.8 Å². The molecule has 3 aromatic carbocycles. The Kier molecular flexibility index (Phi) is 11.2. The maximum atomic E-state index is 13.8. The Morgan fingerprint density at radius 2 is 1.58 bits per heavy atom. The second-order valence-electron chi connectivity index (χ2n) is 13.7. The van der Waals surface area contributed by atoms with Gasteiger partial charge in [0.05, 0.1) is 23.5 Å². The highest BCUT2D eigenvalue weighted by molar-refractivity contribution is 5.96. The van der Waals surface area contributed by atoms with Gasteiger partial charge in [-0.25, -0.2) is 4.68 Å². The van der Waals surface area contributed by atoms with E-state index in [1.807, 2.05) is 65.3 Å². The van der Waals surface area contributed by atoms with Crippen molar-refractivity contribution in [3.63, 3.8) is 0 Å². The van der Waals surface area contributed by atoms with Crippen LogP contribution in [0.5, 0.6) is 0 Å². The highest BCUT2D eigenvalue weighted by atomic mass is 16.5. The Balaban J connectivity index is 1.20. The number of nitrogens with zero attached hydrogens (tertiary/aromatic N) is 3. The van der Waals surface area contributed by atoms with Crippen molar-refractivity contribution in [2.75, 3.05) is 33.4 Å². The number of hydrogen-bond acceptors (Lipinski definition) is 5. The molecule has 7 nitrogen and oxygen atoms in total. The summed E-state index contributed by atoms with van der Waals surface area (Å²) in [5.41, 5.74) is 6.56. The molecule has 252 valence electrons. The molecule has 2 aliphatic rings. The van der Waals surface area contributed by atoms with Gasteiger partial charge in [-0.05, 0) is 93.8 Å². The average Bonchev–Trinajstić information content (AvgIpc) is 3.68. The molecular weight excluding hydrogens is 596 g/mol. The zero-order valence-corrected chi connectivity index (χ0v) is 28.7. The smallest absolute Gasteiger partial charge is 0.226 e. The number of ketones is 1. The largest absolute Gasteiger partial charge is 0.385 e. The number of nitrogens with one attached hydrogen (secondary N) is 1. The predicted octanol–water partition coefficient (Wildman–Crippen LogP) is 7.41. The van der Waals surface area contributed by atoms with Crippen LogP contribution in [0.1, 0.15) is 78.5 Å². The molecule has 1 aromatic heterocycles. The standard InChI is InChI=1S/C41H50N4O3/c1-4-44-22-19-30(20-23-44)27-39(46)33-15-17-34(18-16-33)41-29(2)38(45(43-41)35-13-9-6-10-14-35)28-40(47)42-37-26-31(21-24-48-3)25-36(37)32-11-7-5-8-12-32/h5-18,30-31,36-37H,4,19-28H2,1-3H3,(H,42,47)/t31-,36-,37+/m0/s1. The van der Waals surface area contributed by atoms with Gasteiger partial charge in [0.1, 0.15) is 0 Å². The van der Waals surface area contributed by atoms with E-state index in [4.69, 9.17) is 9.84 Å². The molecule has 48 heavy (non-hydrogen) atoms. The normalized spacial score (nSPS) is 20.2. The SMILES string of the molecule is CCN1CCC(CC(=O)c2ccc(-c3nn(-c4ccccc4)c(CC(=O)N[C@@H]4C[C@@H](CCOC)C[C@H]4c4ccccc4)c3C)cc2)CC1. The van der Waals surface area contributed by atoms with Gasteiger partial charge in [-0.3, -0.25) is 9.59 Å². The van der Waals surface area contributed by atoms with E-state index in [0.29, 0.717) is 18.3 Å². The monoisotopic (exact) mass is 646 g/mol. The molecule has 0 bridgehead atoms. The lowest BCUT2D eigenvalue weighted by Gasteiger charge is -2.30. The number of para-hydroxylation sites is 1. The van der Waals surface area contributed by atoms with Gasteiger partial charge >= 0.3 is 0 Å². The molecule has 2 heterocycles. The summed E-state index contributed by atoms with van der Waals surface area (Å²) in [7, 11) is 1.75. The summed E-state index contributed by atoms with van der Waals surface area (Å²) in [6.07, 6.45) is 6.00. The number of aromatic nitrogens is 2. The van der Waals surface area contributed by atoms with Gasteiger partial charge in [-0.15, -0.1) is 0 Å². The fraction of sp³-hybridized carbons (Fsp3) is 0.439. The minimum Gasteiger partial charge on any atom is -0.385 e. The van der Waals surface area contributed by atoms with E-state index >= 15 is 0 Å². The Labute approximate surface area is 285 Å². The van der Waals surface area contributed by atoms with Gasteiger partial charge in [-0.2, -0.15) is 5.10 Å². The van der Waals surface area contributed by atoms with E-state index in [0.717, 1.165) is 92.1 Å². The Bertz CT molecular complexity index is 1640. The van der Waals surface area contributed by atoms with Gasteiger partial charge in [0.25, 0.3) is 0 Å². The Morgan fingerprint density at radius 1 is 0.896 bits per heavy atom. The van der Waals surface area contributed by atoms with Crippen molar-refractivity contribution in [1.82, 2.24) is 20.0 Å². The number of benzene rings is 3. The predicted molar refractivity (Wildman–Crippen MR) is 192 cm³/mol. The molecule has 1 aliphatic carbocycles. The third-order valence-electron chi connectivity index (χ3n) is 10.6. The average molecular weight is 647 g/mol. The molecule has 2 fully saturated rings. The van der Waals surface area contributed by atoms with E-state index < -0.39 is 0 Å². The van der Waals surface area contributed by atoms with Gasteiger partial charge < -0.3 is 15.0 Å². The van der Waals surface area contributed by atoms with Crippen LogP contribution in [0.25, 0.3) is 16.9 Å². The summed E-state index contributed by atoms with van der Waals surface area (Å²) in [6.45, 7) is 8.24. The second kappa shape index (κ2) is 15.9. The quantitative estimate of drug-likeness (QED) is 0.153. The number of methoxy groups -OCH3 is 1. The zero-order chi connectivity index (χ0) is 33.5. The van der Waals surface area contributed by atoms with Crippen molar-refractivity contribution < 1.29 is 14.3 Å². The van der Waals surface area contributed by atoms with Gasteiger partial charge in [0.2, 0.25) is 5.91 Å². The molecular formula is C41H50N4O3. The van der Waals surface area contributed by atoms with E-state index in [1.165, 1.54) is 5.56 Å². The molecule has 1 saturated carbocycles. The molecule has 1 aliphatic heterocycles. The molecule has 7 heteroatoms. The fourth-order valence-electron chi connectivity index (χ4n) is 7.80. The lowest BCUT2D eigenvalue weighted by Crippen LogP contribution is -2.38. The van der Waals surface area contributed by atoms with Crippen molar-refractivity contribution in [1.29, 1.82) is 0 Å². The summed E-state index contributed by atoms with van der Waals surface area (Å²) in [6, 6.07) is 28.5. The Morgan fingerprint density at radius 3 is 2.25 bits per heavy atom. The molecule has 1 N–H and O–H groups in total. The second-order valence-corrected chi connectivity index (χ2v) is 13.7. The summed E-state index contributed by atoms with van der Waals surface area (Å²) in [5.74, 6) is 1.46. The zero-order valence-electron chi connectivity index (χ0n) is 28.7. The molecule has 6 rings (SSSR count). The van der Waals surface area contributed by atoms with E-state index in [2.05, 4.69) is 48.3 Å². The van der Waals surface area contributed by atoms with E-state index in [-0.39, 0.29) is 30.1 Å². The topological polar surface area (TPSA) is 76.5 Å². The summed E-state index contributed by atoms with van der Waals surface area (Å²) in [4.78, 5) is 29.5. The first-order valence-electron chi connectivity index (χ1n) is 17.8. The number of ether oxygens (including phenoxy) is 1. The van der Waals surface area contributed by atoms with Crippen LogP contribution in [0, 0.1) is 18.8 Å². The number of carbonyl (C=O) groups excluding carboxylic acids is 2. The molecule has 0 unspecified atom stereocenters. The maximum absolute atomic E-state index is 13.8. The summed E-state index contributed by atoms with van der Waals surface area (Å²) < 4.78 is 7.30. The molecule has 1 saturated heterocycles. The number of likely N-dealkylation sites (tertiary alicyclic amines) is 1. The van der Waals surface area contributed by atoms with Gasteiger partial charge in [0, 0.05) is 43.2 Å². The van der Waals surface area contributed by atoms with Crippen LogP contribution in [0.15, 0.2) is 84.9 Å². The molecule has 0 radical (unpaired) electrons. The lowest BCUT2D eigenvalue weighted by molar-refractivity contribution is -0.121. The number of hydrogen-bond donors (Lipinski definition) is 1. The third-order valence-corrected chi connectivity index (χ3v) is 10.6. The first kappa shape index (κ1) is 33.8. The first-order valence-corrected chi connectivity index (χ1v) is 17.8. The summed E-state index contributed by atoms with van der Waals surface area (Å²) >= 11 is 0. The van der Waals surface area contributed by atoms with Crippen molar-refractivity contribution in [3.05, 3.63) is 107 Å². The highest BCUT2D eigenvalue weighted by Crippen LogP contribution is 2.40. The fourth-order valence-corrected chi connectivity index (χ4v) is 7.80. The minimum atomic E-state index is 0.00534. The van der Waals surface area contributed by atoms with Crippen LogP contribution in [0.4, 0.5) is 0 Å². The highest BCUT2D eigenvalue weighted by Gasteiger charge is 2.36. The minimum absolute atomic E-state index is 0.00534. The van der Waals surface area contributed by atoms with Crippen LogP contribution in [0.2, 0.25) is 0 Å². The molecule has 4 aromatic rings. The number of rotatable bonds is 13. The van der Waals surface area contributed by atoms with E-state index in [9.17, 15) is 9.59 Å². The van der Waals surface area contributed by atoms with E-state index in [1.54, 1.807) is 7.11 Å². The van der Waals surface area contributed by atoms with Crippen LogP contribution in [-0.2, 0) is 16.0 Å². The van der Waals surface area contributed by atoms with Crippen LogP contribution in [0.3, 0.4) is 0 Å². The molecule has 3 atom stereocenters. The number of amides is 1. The van der Waals surface area contributed by atoms with Crippen LogP contribution in [-0.4, -0.2) is 65.8 Å².